The number of carbonyl (C=O) groups is 2. The van der Waals surface area contributed by atoms with Crippen molar-refractivity contribution < 1.29 is 23.8 Å². The van der Waals surface area contributed by atoms with Gasteiger partial charge < -0.3 is 14.2 Å². The Kier molecular flexibility index (Phi) is 9.71. The van der Waals surface area contributed by atoms with Crippen molar-refractivity contribution in [2.45, 2.75) is 19.6 Å². The maximum Gasteiger partial charge on any atom is 0.333 e. The molecule has 5 heteroatoms. The molecule has 2 rings (SSSR count). The molecule has 0 radical (unpaired) electrons. The van der Waals surface area contributed by atoms with Gasteiger partial charge in [-0.25, -0.2) is 9.59 Å². The van der Waals surface area contributed by atoms with Gasteiger partial charge in [0.05, 0.1) is 7.11 Å². The Labute approximate surface area is 159 Å². The van der Waals surface area contributed by atoms with Crippen LogP contribution in [0.5, 0.6) is 5.75 Å². The van der Waals surface area contributed by atoms with E-state index in [9.17, 15) is 9.59 Å². The minimum absolute atomic E-state index is 0.344. The second kappa shape index (κ2) is 12.1. The van der Waals surface area contributed by atoms with E-state index in [-0.39, 0.29) is 5.97 Å². The van der Waals surface area contributed by atoms with E-state index in [1.54, 1.807) is 19.1 Å². The second-order valence-corrected chi connectivity index (χ2v) is 5.40. The topological polar surface area (TPSA) is 61.8 Å². The summed E-state index contributed by atoms with van der Waals surface area (Å²) in [6.07, 6.45) is 1.04. The maximum atomic E-state index is 11.0. The zero-order chi connectivity index (χ0) is 20.1. The van der Waals surface area contributed by atoms with Crippen LogP contribution < -0.4 is 4.74 Å². The third-order valence-electron chi connectivity index (χ3n) is 3.23. The van der Waals surface area contributed by atoms with Crippen molar-refractivity contribution >= 4 is 11.9 Å². The van der Waals surface area contributed by atoms with Crippen LogP contribution >= 0.6 is 0 Å². The van der Waals surface area contributed by atoms with Crippen molar-refractivity contribution in [1.29, 1.82) is 0 Å². The molecule has 0 heterocycles. The summed E-state index contributed by atoms with van der Waals surface area (Å²) in [5.74, 6) is -0.172. The van der Waals surface area contributed by atoms with Crippen LogP contribution in [0.25, 0.3) is 0 Å². The second-order valence-electron chi connectivity index (χ2n) is 5.40. The Bertz CT molecular complexity index is 738. The lowest BCUT2D eigenvalue weighted by atomic mass is 10.1. The lowest BCUT2D eigenvalue weighted by Gasteiger charge is -2.13. The number of rotatable bonds is 7. The van der Waals surface area contributed by atoms with Crippen LogP contribution in [0.15, 0.2) is 85.5 Å². The molecule has 142 valence electrons. The molecule has 0 aliphatic carbocycles. The number of hydrogen-bond acceptors (Lipinski definition) is 5. The van der Waals surface area contributed by atoms with Crippen molar-refractivity contribution in [3.05, 3.63) is 91.0 Å². The first-order valence-electron chi connectivity index (χ1n) is 8.31. The molecule has 0 amide bonds. The van der Waals surface area contributed by atoms with Gasteiger partial charge in [0, 0.05) is 25.0 Å². The number of esters is 2. The van der Waals surface area contributed by atoms with Crippen LogP contribution in [0.4, 0.5) is 0 Å². The monoisotopic (exact) mass is 368 g/mol. The van der Waals surface area contributed by atoms with Gasteiger partial charge in [-0.2, -0.15) is 0 Å². The first kappa shape index (κ1) is 21.7. The minimum Gasteiger partial charge on any atom is -0.466 e. The fourth-order valence-electron chi connectivity index (χ4n) is 1.99. The first-order valence-corrected chi connectivity index (χ1v) is 8.31. The Balaban J connectivity index is 0.000000271. The Hall–Kier alpha value is -3.34. The summed E-state index contributed by atoms with van der Waals surface area (Å²) < 4.78 is 14.7. The van der Waals surface area contributed by atoms with Gasteiger partial charge in [-0.1, -0.05) is 61.7 Å². The summed E-state index contributed by atoms with van der Waals surface area (Å²) in [4.78, 5) is 21.8. The summed E-state index contributed by atoms with van der Waals surface area (Å²) >= 11 is 0. The van der Waals surface area contributed by atoms with Crippen LogP contribution in [0.3, 0.4) is 0 Å². The fourth-order valence-corrected chi connectivity index (χ4v) is 1.99. The van der Waals surface area contributed by atoms with Crippen LogP contribution in [0, 0.1) is 0 Å². The van der Waals surface area contributed by atoms with Crippen molar-refractivity contribution in [1.82, 2.24) is 0 Å². The fraction of sp³-hybridized carbons (Fsp3) is 0.182. The predicted octanol–water partition coefficient (Wildman–Crippen LogP) is 4.10. The highest BCUT2D eigenvalue weighted by molar-refractivity contribution is 5.88. The van der Waals surface area contributed by atoms with Crippen molar-refractivity contribution in [2.24, 2.45) is 0 Å². The van der Waals surface area contributed by atoms with Gasteiger partial charge in [0.1, 0.15) is 5.75 Å². The van der Waals surface area contributed by atoms with Gasteiger partial charge in [-0.05, 0) is 17.7 Å². The third-order valence-corrected chi connectivity index (χ3v) is 3.23. The van der Waals surface area contributed by atoms with Crippen molar-refractivity contribution in [2.75, 3.05) is 7.11 Å². The lowest BCUT2D eigenvalue weighted by Crippen LogP contribution is -2.19. The average Bonchev–Trinajstić information content (AvgIpc) is 2.69. The molecule has 1 atom stereocenters. The molecule has 1 unspecified atom stereocenters. The van der Waals surface area contributed by atoms with Crippen LogP contribution in [0.1, 0.15) is 12.5 Å². The van der Waals surface area contributed by atoms with E-state index in [4.69, 9.17) is 9.47 Å². The molecule has 2 aromatic rings. The van der Waals surface area contributed by atoms with Gasteiger partial charge in [0.2, 0.25) is 6.29 Å². The predicted molar refractivity (Wildman–Crippen MR) is 104 cm³/mol. The Morgan fingerprint density at radius 3 is 2.11 bits per heavy atom. The van der Waals surface area contributed by atoms with Gasteiger partial charge in [0.15, 0.2) is 0 Å². The molecule has 27 heavy (non-hydrogen) atoms. The van der Waals surface area contributed by atoms with Crippen LogP contribution in [-0.2, 0) is 25.5 Å². The summed E-state index contributed by atoms with van der Waals surface area (Å²) in [6, 6.07) is 18.9. The van der Waals surface area contributed by atoms with E-state index in [0.29, 0.717) is 17.7 Å². The standard InChI is InChI=1S/C11H12O3.C11H12O2/c1-3-11(12)14-9(2)13-10-7-5-4-6-8-10;1-9(11(12)13-2)8-10-6-4-3-5-7-10/h3-9H,1H2,2H3;3-7H,1,8H2,2H3. The molecule has 0 saturated heterocycles. The third kappa shape index (κ3) is 9.07. The van der Waals surface area contributed by atoms with E-state index < -0.39 is 12.3 Å². The summed E-state index contributed by atoms with van der Waals surface area (Å²) in [7, 11) is 1.36. The van der Waals surface area contributed by atoms with E-state index >= 15 is 0 Å². The zero-order valence-corrected chi connectivity index (χ0v) is 15.6. The smallest absolute Gasteiger partial charge is 0.333 e. The van der Waals surface area contributed by atoms with E-state index in [2.05, 4.69) is 17.9 Å². The molecule has 5 nitrogen and oxygen atoms in total. The number of ether oxygens (including phenoxy) is 3. The molecule has 2 aromatic carbocycles. The van der Waals surface area contributed by atoms with Crippen molar-refractivity contribution in [3.8, 4) is 5.75 Å². The first-order chi connectivity index (χ1) is 13.0. The van der Waals surface area contributed by atoms with Gasteiger partial charge in [-0.3, -0.25) is 0 Å². The van der Waals surface area contributed by atoms with E-state index in [1.807, 2.05) is 48.5 Å². The number of para-hydroxylation sites is 1. The molecular formula is C22H24O5. The maximum absolute atomic E-state index is 11.0. The normalized spacial score (nSPS) is 10.4. The SMILES string of the molecule is C=C(Cc1ccccc1)C(=O)OC.C=CC(=O)OC(C)Oc1ccccc1. The molecule has 0 aromatic heterocycles. The highest BCUT2D eigenvalue weighted by Crippen LogP contribution is 2.11. The van der Waals surface area contributed by atoms with Crippen LogP contribution in [-0.4, -0.2) is 25.3 Å². The number of carbonyl (C=O) groups excluding carboxylic acids is 2. The lowest BCUT2D eigenvalue weighted by molar-refractivity contribution is -0.155. The molecule has 0 bridgehead atoms. The Morgan fingerprint density at radius 2 is 1.59 bits per heavy atom. The molecular weight excluding hydrogens is 344 g/mol. The summed E-state index contributed by atoms with van der Waals surface area (Å²) in [6.45, 7) is 8.58. The number of benzene rings is 2. The largest absolute Gasteiger partial charge is 0.466 e. The highest BCUT2D eigenvalue weighted by atomic mass is 16.7. The quantitative estimate of drug-likeness (QED) is 0.418. The minimum atomic E-state index is -0.608. The van der Waals surface area contributed by atoms with Gasteiger partial charge >= 0.3 is 11.9 Å². The molecule has 0 fully saturated rings. The zero-order valence-electron chi connectivity index (χ0n) is 15.6. The highest BCUT2D eigenvalue weighted by Gasteiger charge is 2.07. The Morgan fingerprint density at radius 1 is 1.04 bits per heavy atom. The molecule has 0 aliphatic heterocycles. The van der Waals surface area contributed by atoms with Crippen molar-refractivity contribution in [3.63, 3.8) is 0 Å². The summed E-state index contributed by atoms with van der Waals surface area (Å²) in [5.41, 5.74) is 1.55. The van der Waals surface area contributed by atoms with E-state index in [0.717, 1.165) is 11.6 Å². The van der Waals surface area contributed by atoms with Gasteiger partial charge in [-0.15, -0.1) is 0 Å². The molecule has 0 saturated carbocycles. The van der Waals surface area contributed by atoms with Crippen LogP contribution in [0.2, 0.25) is 0 Å². The molecule has 0 N–H and O–H groups in total. The summed E-state index contributed by atoms with van der Waals surface area (Å²) in [5, 5.41) is 0. The molecule has 0 spiro atoms. The number of hydrogen-bond donors (Lipinski definition) is 0. The number of methoxy groups -OCH3 is 1. The average molecular weight is 368 g/mol. The molecule has 0 aliphatic rings. The van der Waals surface area contributed by atoms with E-state index in [1.165, 1.54) is 7.11 Å². The van der Waals surface area contributed by atoms with Gasteiger partial charge in [0.25, 0.3) is 0 Å².